The van der Waals surface area contributed by atoms with Crippen LogP contribution in [0.15, 0.2) is 24.3 Å². The van der Waals surface area contributed by atoms with Gasteiger partial charge in [0, 0.05) is 37.3 Å². The summed E-state index contributed by atoms with van der Waals surface area (Å²) < 4.78 is 34.5. The van der Waals surface area contributed by atoms with Gasteiger partial charge in [0.1, 0.15) is 6.61 Å². The molecule has 1 atom stereocenters. The van der Waals surface area contributed by atoms with Crippen LogP contribution in [0.25, 0.3) is 0 Å². The fourth-order valence-electron chi connectivity index (χ4n) is 2.87. The van der Waals surface area contributed by atoms with Gasteiger partial charge in [0.15, 0.2) is 5.82 Å². The molecule has 1 aliphatic heterocycles. The lowest BCUT2D eigenvalue weighted by molar-refractivity contribution is 0.151. The number of ether oxygens (including phenoxy) is 1. The number of rotatable bonds is 6. The summed E-state index contributed by atoms with van der Waals surface area (Å²) in [6.07, 6.45) is -0.413. The highest BCUT2D eigenvalue weighted by Crippen LogP contribution is 2.28. The highest BCUT2D eigenvalue weighted by molar-refractivity contribution is 7.09. The van der Waals surface area contributed by atoms with Crippen LogP contribution in [0, 0.1) is 5.92 Å². The summed E-state index contributed by atoms with van der Waals surface area (Å²) in [5.74, 6) is 1.24. The average Bonchev–Trinajstić information content (AvgIpc) is 3.17. The third kappa shape index (κ3) is 4.03. The van der Waals surface area contributed by atoms with Crippen LogP contribution < -0.4 is 4.90 Å². The van der Waals surface area contributed by atoms with Crippen molar-refractivity contribution in [3.05, 3.63) is 41.2 Å². The minimum absolute atomic E-state index is 0.0846. The van der Waals surface area contributed by atoms with E-state index in [4.69, 9.17) is 4.74 Å². The number of methoxy groups -OCH3 is 1. The topological polar surface area (TPSA) is 38.2 Å². The zero-order valence-electron chi connectivity index (χ0n) is 12.9. The minimum Gasteiger partial charge on any atom is -0.377 e. The average molecular weight is 339 g/mol. The molecule has 0 aliphatic carbocycles. The van der Waals surface area contributed by atoms with Crippen LogP contribution in [0.4, 0.5) is 13.9 Å². The summed E-state index contributed by atoms with van der Waals surface area (Å²) in [4.78, 5) is 6.72. The van der Waals surface area contributed by atoms with Crippen molar-refractivity contribution in [1.29, 1.82) is 0 Å². The Bertz CT molecular complexity index is 633. The molecule has 0 radical (unpaired) electrons. The monoisotopic (exact) mass is 339 g/mol. The van der Waals surface area contributed by atoms with Crippen molar-refractivity contribution in [3.63, 3.8) is 0 Å². The number of anilines is 1. The van der Waals surface area contributed by atoms with E-state index in [1.165, 1.54) is 23.7 Å². The second kappa shape index (κ2) is 7.31. The van der Waals surface area contributed by atoms with Gasteiger partial charge in [0.25, 0.3) is 6.43 Å². The molecule has 1 fully saturated rings. The van der Waals surface area contributed by atoms with E-state index in [1.807, 2.05) is 12.1 Å². The molecule has 1 aliphatic rings. The molecular weight excluding hydrogens is 320 g/mol. The molecule has 1 aromatic heterocycles. The number of alkyl halides is 2. The lowest BCUT2D eigenvalue weighted by Gasteiger charge is -2.14. The third-order valence-electron chi connectivity index (χ3n) is 4.04. The van der Waals surface area contributed by atoms with Crippen molar-refractivity contribution >= 4 is 16.7 Å². The van der Waals surface area contributed by atoms with Crippen molar-refractivity contribution in [3.8, 4) is 0 Å². The van der Waals surface area contributed by atoms with Crippen LogP contribution in [-0.4, -0.2) is 29.6 Å². The molecule has 124 valence electrons. The van der Waals surface area contributed by atoms with E-state index in [-0.39, 0.29) is 5.56 Å². The van der Waals surface area contributed by atoms with E-state index >= 15 is 0 Å². The smallest absolute Gasteiger partial charge is 0.263 e. The molecule has 0 spiro atoms. The molecule has 4 nitrogen and oxygen atoms in total. The van der Waals surface area contributed by atoms with Crippen LogP contribution in [-0.2, 0) is 17.8 Å². The number of halogens is 2. The molecule has 2 aromatic rings. The van der Waals surface area contributed by atoms with E-state index in [0.717, 1.165) is 42.5 Å². The van der Waals surface area contributed by atoms with Gasteiger partial charge in [-0.25, -0.2) is 13.8 Å². The molecule has 0 unspecified atom stereocenters. The van der Waals surface area contributed by atoms with Crippen molar-refractivity contribution in [1.82, 2.24) is 9.36 Å². The fourth-order valence-corrected chi connectivity index (χ4v) is 3.57. The van der Waals surface area contributed by atoms with Crippen LogP contribution in [0.5, 0.6) is 0 Å². The Morgan fingerprint density at radius 1 is 1.35 bits per heavy atom. The third-order valence-corrected chi connectivity index (χ3v) is 4.86. The lowest BCUT2D eigenvalue weighted by atomic mass is 9.98. The highest BCUT2D eigenvalue weighted by atomic mass is 32.1. The van der Waals surface area contributed by atoms with Gasteiger partial charge in [0.05, 0.1) is 0 Å². The molecule has 0 saturated carbocycles. The van der Waals surface area contributed by atoms with Gasteiger partial charge in [-0.15, -0.1) is 0 Å². The molecule has 1 saturated heterocycles. The molecule has 23 heavy (non-hydrogen) atoms. The molecule has 7 heteroatoms. The first-order valence-electron chi connectivity index (χ1n) is 7.59. The van der Waals surface area contributed by atoms with Gasteiger partial charge in [-0.2, -0.15) is 4.37 Å². The van der Waals surface area contributed by atoms with Crippen LogP contribution >= 0.6 is 11.5 Å². The van der Waals surface area contributed by atoms with Gasteiger partial charge in [-0.3, -0.25) is 0 Å². The van der Waals surface area contributed by atoms with E-state index in [1.54, 1.807) is 7.11 Å². The number of hydrogen-bond acceptors (Lipinski definition) is 5. The fraction of sp³-hybridized carbons (Fsp3) is 0.500. The summed E-state index contributed by atoms with van der Waals surface area (Å²) >= 11 is 1.40. The zero-order chi connectivity index (χ0) is 16.2. The first-order valence-corrected chi connectivity index (χ1v) is 8.36. The molecule has 0 N–H and O–H groups in total. The Balaban J connectivity index is 1.56. The molecule has 3 rings (SSSR count). The highest BCUT2D eigenvalue weighted by Gasteiger charge is 2.25. The summed E-state index contributed by atoms with van der Waals surface area (Å²) in [5.41, 5.74) is 1.19. The Morgan fingerprint density at radius 3 is 2.83 bits per heavy atom. The van der Waals surface area contributed by atoms with E-state index < -0.39 is 6.43 Å². The maximum atomic E-state index is 12.6. The van der Waals surface area contributed by atoms with Crippen LogP contribution in [0.1, 0.15) is 29.8 Å². The number of hydrogen-bond donors (Lipinski definition) is 0. The van der Waals surface area contributed by atoms with Gasteiger partial charge in [-0.05, 0) is 24.3 Å². The van der Waals surface area contributed by atoms with Gasteiger partial charge in [0.2, 0.25) is 5.13 Å². The van der Waals surface area contributed by atoms with Crippen molar-refractivity contribution in [2.75, 3.05) is 25.1 Å². The van der Waals surface area contributed by atoms with Gasteiger partial charge < -0.3 is 9.64 Å². The van der Waals surface area contributed by atoms with E-state index in [9.17, 15) is 8.78 Å². The zero-order valence-corrected chi connectivity index (χ0v) is 13.7. The summed E-state index contributed by atoms with van der Waals surface area (Å²) in [5, 5.41) is 0.938. The summed E-state index contributed by atoms with van der Waals surface area (Å²) in [6.45, 7) is 2.32. The molecule has 0 bridgehead atoms. The Labute approximate surface area is 138 Å². The second-order valence-electron chi connectivity index (χ2n) is 5.77. The van der Waals surface area contributed by atoms with Crippen molar-refractivity contribution in [2.24, 2.45) is 5.92 Å². The molecular formula is C16H19F2N3OS. The predicted octanol–water partition coefficient (Wildman–Crippen LogP) is 3.69. The first kappa shape index (κ1) is 16.3. The van der Waals surface area contributed by atoms with Crippen LogP contribution in [0.3, 0.4) is 0 Å². The number of benzene rings is 1. The normalized spacial score (nSPS) is 18.1. The largest absolute Gasteiger partial charge is 0.377 e. The SMILES string of the molecule is COCc1nsc(N2CC[C@H](Cc3ccc(C(F)F)cc3)C2)n1. The first-order chi connectivity index (χ1) is 11.2. The Hall–Kier alpha value is -1.60. The maximum absolute atomic E-state index is 12.6. The van der Waals surface area contributed by atoms with Crippen LogP contribution in [0.2, 0.25) is 0 Å². The quantitative estimate of drug-likeness (QED) is 0.804. The summed E-state index contributed by atoms with van der Waals surface area (Å²) in [6, 6.07) is 6.67. The van der Waals surface area contributed by atoms with E-state index in [2.05, 4.69) is 14.3 Å². The Kier molecular flexibility index (Phi) is 5.17. The maximum Gasteiger partial charge on any atom is 0.263 e. The Morgan fingerprint density at radius 2 is 2.13 bits per heavy atom. The predicted molar refractivity (Wildman–Crippen MR) is 86.0 cm³/mol. The van der Waals surface area contributed by atoms with Crippen molar-refractivity contribution < 1.29 is 13.5 Å². The standard InChI is InChI=1S/C16H19F2N3OS/c1-22-10-14-19-16(23-20-14)21-7-6-12(9-21)8-11-2-4-13(5-3-11)15(17)18/h2-5,12,15H,6-10H2,1H3/t12-/m1/s1. The number of aromatic nitrogens is 2. The van der Waals surface area contributed by atoms with Gasteiger partial charge >= 0.3 is 0 Å². The summed E-state index contributed by atoms with van der Waals surface area (Å²) in [7, 11) is 1.63. The van der Waals surface area contributed by atoms with Crippen molar-refractivity contribution in [2.45, 2.75) is 25.9 Å². The van der Waals surface area contributed by atoms with Gasteiger partial charge in [-0.1, -0.05) is 24.3 Å². The number of nitrogens with zero attached hydrogens (tertiary/aromatic N) is 3. The lowest BCUT2D eigenvalue weighted by Crippen LogP contribution is -2.20. The molecule has 1 aromatic carbocycles. The molecule has 2 heterocycles. The molecule has 0 amide bonds. The van der Waals surface area contributed by atoms with E-state index in [0.29, 0.717) is 12.5 Å². The minimum atomic E-state index is -2.40. The second-order valence-corrected chi connectivity index (χ2v) is 6.50.